The minimum Gasteiger partial charge on any atom is -0.367 e. The highest BCUT2D eigenvalue weighted by Gasteiger charge is 2.38. The van der Waals surface area contributed by atoms with Gasteiger partial charge in [0.1, 0.15) is 5.60 Å². The normalized spacial score (nSPS) is 20.4. The third kappa shape index (κ3) is 2.44. The summed E-state index contributed by atoms with van der Waals surface area (Å²) in [5.41, 5.74) is -0.471. The van der Waals surface area contributed by atoms with E-state index in [-0.39, 0.29) is 5.78 Å². The summed E-state index contributed by atoms with van der Waals surface area (Å²) >= 11 is 0. The molecule has 0 atom stereocenters. The van der Waals surface area contributed by atoms with Gasteiger partial charge in [0.05, 0.1) is 0 Å². The molecule has 0 radical (unpaired) electrons. The summed E-state index contributed by atoms with van der Waals surface area (Å²) in [6, 6.07) is 0. The lowest BCUT2D eigenvalue weighted by Gasteiger charge is -2.35. The van der Waals surface area contributed by atoms with Crippen molar-refractivity contribution in [2.45, 2.75) is 51.0 Å². The predicted molar refractivity (Wildman–Crippen MR) is 57.3 cm³/mol. The van der Waals surface area contributed by atoms with Crippen molar-refractivity contribution in [1.29, 1.82) is 0 Å². The van der Waals surface area contributed by atoms with E-state index in [1.807, 2.05) is 6.92 Å². The molecule has 1 aliphatic carbocycles. The van der Waals surface area contributed by atoms with Crippen LogP contribution in [0.15, 0.2) is 12.7 Å². The van der Waals surface area contributed by atoms with Crippen LogP contribution in [0.2, 0.25) is 0 Å². The van der Waals surface area contributed by atoms with Crippen molar-refractivity contribution < 1.29 is 9.53 Å². The van der Waals surface area contributed by atoms with Gasteiger partial charge in [-0.05, 0) is 19.8 Å². The number of ketones is 1. The van der Waals surface area contributed by atoms with Crippen LogP contribution in [0.25, 0.3) is 0 Å². The largest absolute Gasteiger partial charge is 0.367 e. The lowest BCUT2D eigenvalue weighted by molar-refractivity contribution is -0.148. The quantitative estimate of drug-likeness (QED) is 0.632. The number of carbonyl (C=O) groups is 1. The number of carbonyl (C=O) groups excluding carboxylic acids is 1. The first-order chi connectivity index (χ1) is 6.75. The molecule has 0 aliphatic heterocycles. The molecule has 2 heteroatoms. The maximum absolute atomic E-state index is 11.9. The molecule has 0 spiro atoms. The highest BCUT2D eigenvalue weighted by atomic mass is 16.5. The minimum absolute atomic E-state index is 0.217. The summed E-state index contributed by atoms with van der Waals surface area (Å²) in [6.07, 6.45) is 7.38. The third-order valence-electron chi connectivity index (χ3n) is 2.92. The number of rotatable bonds is 5. The first-order valence-electron chi connectivity index (χ1n) is 5.53. The molecular weight excluding hydrogens is 176 g/mol. The molecule has 0 aromatic rings. The van der Waals surface area contributed by atoms with E-state index >= 15 is 0 Å². The van der Waals surface area contributed by atoms with Gasteiger partial charge in [0, 0.05) is 13.0 Å². The Morgan fingerprint density at radius 1 is 1.43 bits per heavy atom. The second-order valence-corrected chi connectivity index (χ2v) is 3.90. The molecule has 0 aromatic heterocycles. The van der Waals surface area contributed by atoms with Crippen molar-refractivity contribution in [2.75, 3.05) is 6.61 Å². The van der Waals surface area contributed by atoms with Gasteiger partial charge < -0.3 is 4.74 Å². The molecule has 1 aliphatic rings. The topological polar surface area (TPSA) is 26.3 Å². The predicted octanol–water partition coefficient (Wildman–Crippen LogP) is 2.87. The Labute approximate surface area is 86.3 Å². The zero-order chi connectivity index (χ0) is 10.4. The highest BCUT2D eigenvalue weighted by molar-refractivity contribution is 5.88. The summed E-state index contributed by atoms with van der Waals surface area (Å²) in [5.74, 6) is 0.217. The van der Waals surface area contributed by atoms with E-state index < -0.39 is 5.60 Å². The van der Waals surface area contributed by atoms with Crippen LogP contribution in [0, 0.1) is 0 Å². The van der Waals surface area contributed by atoms with E-state index in [9.17, 15) is 4.79 Å². The molecule has 1 fully saturated rings. The van der Waals surface area contributed by atoms with Gasteiger partial charge in [-0.2, -0.15) is 0 Å². The Morgan fingerprint density at radius 3 is 2.57 bits per heavy atom. The number of hydrogen-bond donors (Lipinski definition) is 0. The Bertz CT molecular complexity index is 197. The van der Waals surface area contributed by atoms with Crippen molar-refractivity contribution in [1.82, 2.24) is 0 Å². The maximum atomic E-state index is 11.9. The fourth-order valence-electron chi connectivity index (χ4n) is 2.22. The zero-order valence-corrected chi connectivity index (χ0v) is 9.05. The number of ether oxygens (including phenoxy) is 1. The van der Waals surface area contributed by atoms with Crippen LogP contribution in [-0.2, 0) is 9.53 Å². The first kappa shape index (κ1) is 11.4. The second kappa shape index (κ2) is 5.30. The van der Waals surface area contributed by atoms with Crippen LogP contribution in [-0.4, -0.2) is 18.0 Å². The summed E-state index contributed by atoms with van der Waals surface area (Å²) < 4.78 is 5.69. The molecule has 0 bridgehead atoms. The van der Waals surface area contributed by atoms with Crippen LogP contribution in [0.5, 0.6) is 0 Å². The monoisotopic (exact) mass is 196 g/mol. The van der Waals surface area contributed by atoms with Crippen molar-refractivity contribution >= 4 is 5.78 Å². The van der Waals surface area contributed by atoms with E-state index in [1.165, 1.54) is 6.42 Å². The van der Waals surface area contributed by atoms with Crippen LogP contribution in [0.1, 0.15) is 45.4 Å². The van der Waals surface area contributed by atoms with Crippen molar-refractivity contribution in [3.8, 4) is 0 Å². The number of allylic oxidation sites excluding steroid dienone is 1. The van der Waals surface area contributed by atoms with Gasteiger partial charge in [0.15, 0.2) is 5.78 Å². The fourth-order valence-corrected chi connectivity index (χ4v) is 2.22. The van der Waals surface area contributed by atoms with Crippen LogP contribution in [0.3, 0.4) is 0 Å². The van der Waals surface area contributed by atoms with Crippen molar-refractivity contribution in [2.24, 2.45) is 0 Å². The molecule has 0 heterocycles. The molecule has 0 aromatic carbocycles. The summed E-state index contributed by atoms with van der Waals surface area (Å²) in [4.78, 5) is 11.9. The van der Waals surface area contributed by atoms with Gasteiger partial charge in [-0.15, -0.1) is 6.58 Å². The first-order valence-corrected chi connectivity index (χ1v) is 5.53. The smallest absolute Gasteiger partial charge is 0.168 e. The number of hydrogen-bond acceptors (Lipinski definition) is 2. The lowest BCUT2D eigenvalue weighted by Crippen LogP contribution is -2.43. The van der Waals surface area contributed by atoms with Gasteiger partial charge in [0.25, 0.3) is 0 Å². The molecule has 0 amide bonds. The average molecular weight is 196 g/mol. The van der Waals surface area contributed by atoms with E-state index in [0.29, 0.717) is 13.0 Å². The van der Waals surface area contributed by atoms with Gasteiger partial charge in [-0.3, -0.25) is 4.79 Å². The fraction of sp³-hybridized carbons (Fsp3) is 0.750. The Balaban J connectivity index is 2.68. The van der Waals surface area contributed by atoms with Gasteiger partial charge in [0.2, 0.25) is 0 Å². The molecular formula is C12H20O2. The van der Waals surface area contributed by atoms with Crippen LogP contribution in [0.4, 0.5) is 0 Å². The van der Waals surface area contributed by atoms with Crippen LogP contribution < -0.4 is 0 Å². The second-order valence-electron chi connectivity index (χ2n) is 3.90. The molecule has 2 nitrogen and oxygen atoms in total. The molecule has 0 saturated heterocycles. The van der Waals surface area contributed by atoms with E-state index in [4.69, 9.17) is 4.74 Å². The minimum atomic E-state index is -0.471. The van der Waals surface area contributed by atoms with Gasteiger partial charge >= 0.3 is 0 Å². The standard InChI is InChI=1S/C12H20O2/c1-3-8-11(13)12(14-4-2)9-6-5-7-10-12/h3H,1,4-10H2,2H3. The summed E-state index contributed by atoms with van der Waals surface area (Å²) in [7, 11) is 0. The Morgan fingerprint density at radius 2 is 2.07 bits per heavy atom. The molecule has 1 rings (SSSR count). The summed E-state index contributed by atoms with van der Waals surface area (Å²) in [6.45, 7) is 6.19. The summed E-state index contributed by atoms with van der Waals surface area (Å²) in [5, 5.41) is 0. The average Bonchev–Trinajstić information content (AvgIpc) is 2.20. The Hall–Kier alpha value is -0.630. The molecule has 14 heavy (non-hydrogen) atoms. The van der Waals surface area contributed by atoms with Gasteiger partial charge in [-0.25, -0.2) is 0 Å². The molecule has 80 valence electrons. The van der Waals surface area contributed by atoms with Crippen LogP contribution >= 0.6 is 0 Å². The van der Waals surface area contributed by atoms with Crippen molar-refractivity contribution in [3.63, 3.8) is 0 Å². The molecule has 0 N–H and O–H groups in total. The number of Topliss-reactive ketones (excluding diaryl/α,β-unsaturated/α-hetero) is 1. The highest BCUT2D eigenvalue weighted by Crippen LogP contribution is 2.33. The third-order valence-corrected chi connectivity index (χ3v) is 2.92. The molecule has 1 saturated carbocycles. The lowest BCUT2D eigenvalue weighted by atomic mass is 9.80. The van der Waals surface area contributed by atoms with E-state index in [0.717, 1.165) is 25.7 Å². The Kier molecular flexibility index (Phi) is 4.33. The van der Waals surface area contributed by atoms with E-state index in [1.54, 1.807) is 6.08 Å². The van der Waals surface area contributed by atoms with Crippen molar-refractivity contribution in [3.05, 3.63) is 12.7 Å². The van der Waals surface area contributed by atoms with Gasteiger partial charge in [-0.1, -0.05) is 25.3 Å². The molecule has 0 unspecified atom stereocenters. The zero-order valence-electron chi connectivity index (χ0n) is 9.05. The van der Waals surface area contributed by atoms with E-state index in [2.05, 4.69) is 6.58 Å². The maximum Gasteiger partial charge on any atom is 0.168 e. The SMILES string of the molecule is C=CCC(=O)C1(OCC)CCCCC1.